The smallest absolute Gasteiger partial charge is 0.0726 e. The second kappa shape index (κ2) is 5.87. The third-order valence-electron chi connectivity index (χ3n) is 5.80. The van der Waals surface area contributed by atoms with Crippen LogP contribution in [0.15, 0.2) is 31.8 Å². The molecule has 1 aromatic carbocycles. The molecule has 0 aliphatic carbocycles. The van der Waals surface area contributed by atoms with Crippen LogP contribution in [-0.2, 0) is 13.6 Å². The first-order valence-corrected chi connectivity index (χ1v) is 14.0. The molecule has 7 rings (SSSR count). The van der Waals surface area contributed by atoms with Gasteiger partial charge in [0.15, 0.2) is 0 Å². The number of hydrogen-bond acceptors (Lipinski definition) is 4. The van der Waals surface area contributed by atoms with E-state index in [4.69, 9.17) is 0 Å². The lowest BCUT2D eigenvalue weighted by atomic mass is 10.2. The van der Waals surface area contributed by atoms with Crippen molar-refractivity contribution in [1.29, 1.82) is 0 Å². The van der Waals surface area contributed by atoms with Crippen LogP contribution in [0.25, 0.3) is 61.0 Å². The normalized spacial score (nSPS) is 13.0. The summed E-state index contributed by atoms with van der Waals surface area (Å²) in [5.74, 6) is 0. The molecule has 0 atom stereocenters. The van der Waals surface area contributed by atoms with Crippen molar-refractivity contribution in [2.24, 2.45) is 7.05 Å². The summed E-state index contributed by atoms with van der Waals surface area (Å²) in [5.41, 5.74) is 5.46. The summed E-state index contributed by atoms with van der Waals surface area (Å²) in [7, 11) is 2.20. The molecule has 0 saturated heterocycles. The molecule has 29 heavy (non-hydrogen) atoms. The average molecular weight is 580 g/mol. The molecule has 0 saturated carbocycles. The Bertz CT molecular complexity index is 1780. The molecule has 0 N–H and O–H groups in total. The Balaban J connectivity index is 1.67. The molecule has 0 fully saturated rings. The molecular formula is C21H12Br2N2S4. The van der Waals surface area contributed by atoms with E-state index in [-0.39, 0.29) is 0 Å². The fourth-order valence-corrected chi connectivity index (χ4v) is 10.6. The fraction of sp³-hybridized carbons (Fsp3) is 0.143. The molecule has 0 aliphatic rings. The predicted molar refractivity (Wildman–Crippen MR) is 141 cm³/mol. The summed E-state index contributed by atoms with van der Waals surface area (Å²) in [5, 5.41) is 2.78. The van der Waals surface area contributed by atoms with Gasteiger partial charge in [0.2, 0.25) is 0 Å². The zero-order valence-electron chi connectivity index (χ0n) is 15.3. The highest BCUT2D eigenvalue weighted by Crippen LogP contribution is 2.49. The number of hydrogen-bond donors (Lipinski definition) is 0. The topological polar surface area (TPSA) is 9.86 Å². The van der Waals surface area contributed by atoms with E-state index in [9.17, 15) is 0 Å². The first-order valence-electron chi connectivity index (χ1n) is 9.19. The summed E-state index contributed by atoms with van der Waals surface area (Å²) in [6.07, 6.45) is 0. The second-order valence-corrected chi connectivity index (χ2v) is 14.2. The number of nitrogens with zero attached hydrogens (tertiary/aromatic N) is 2. The minimum absolute atomic E-state index is 0.989. The molecule has 0 amide bonds. The summed E-state index contributed by atoms with van der Waals surface area (Å²) in [6.45, 7) is 3.24. The van der Waals surface area contributed by atoms with E-state index in [2.05, 4.69) is 79.2 Å². The molecule has 7 aromatic rings. The minimum Gasteiger partial charge on any atom is -0.342 e. The Morgan fingerprint density at radius 1 is 0.724 bits per heavy atom. The maximum atomic E-state index is 3.69. The van der Waals surface area contributed by atoms with Crippen molar-refractivity contribution < 1.29 is 0 Å². The van der Waals surface area contributed by atoms with E-state index in [1.54, 1.807) is 0 Å². The highest BCUT2D eigenvalue weighted by molar-refractivity contribution is 9.11. The van der Waals surface area contributed by atoms with Gasteiger partial charge in [-0.1, -0.05) is 0 Å². The maximum absolute atomic E-state index is 3.69. The van der Waals surface area contributed by atoms with E-state index in [0.29, 0.717) is 0 Å². The Labute approximate surface area is 198 Å². The van der Waals surface area contributed by atoms with Crippen molar-refractivity contribution in [3.63, 3.8) is 0 Å². The monoisotopic (exact) mass is 578 g/mol. The van der Waals surface area contributed by atoms with Gasteiger partial charge in [-0.15, -0.1) is 45.3 Å². The average Bonchev–Trinajstić information content (AvgIpc) is 3.47. The number of fused-ring (bicyclic) bond motifs is 10. The first-order chi connectivity index (χ1) is 14.0. The SMILES string of the molecule is CCn1c2cc(Br)sc2c2sc3cc4c(cc3c21)sc1c2sc(Br)cc2n(C)c41. The molecular weight excluding hydrogens is 568 g/mol. The summed E-state index contributed by atoms with van der Waals surface area (Å²) in [6, 6.07) is 9.38. The Morgan fingerprint density at radius 2 is 1.28 bits per heavy atom. The maximum Gasteiger partial charge on any atom is 0.0726 e. The molecule has 0 bridgehead atoms. The highest BCUT2D eigenvalue weighted by atomic mass is 79.9. The van der Waals surface area contributed by atoms with Gasteiger partial charge < -0.3 is 9.13 Å². The largest absolute Gasteiger partial charge is 0.342 e. The van der Waals surface area contributed by atoms with E-state index in [0.717, 1.165) is 6.54 Å². The van der Waals surface area contributed by atoms with Crippen LogP contribution in [0, 0.1) is 0 Å². The zero-order chi connectivity index (χ0) is 19.6. The molecule has 8 heteroatoms. The molecule has 6 heterocycles. The fourth-order valence-electron chi connectivity index (χ4n) is 4.62. The van der Waals surface area contributed by atoms with Gasteiger partial charge in [0.25, 0.3) is 0 Å². The summed E-state index contributed by atoms with van der Waals surface area (Å²) >= 11 is 14.9. The van der Waals surface area contributed by atoms with Gasteiger partial charge in [0.1, 0.15) is 0 Å². The molecule has 0 radical (unpaired) electrons. The van der Waals surface area contributed by atoms with Crippen LogP contribution in [0.2, 0.25) is 0 Å². The summed E-state index contributed by atoms with van der Waals surface area (Å²) < 4.78 is 15.7. The van der Waals surface area contributed by atoms with Gasteiger partial charge in [-0.25, -0.2) is 0 Å². The molecule has 0 spiro atoms. The minimum atomic E-state index is 0.989. The Morgan fingerprint density at radius 3 is 1.93 bits per heavy atom. The van der Waals surface area contributed by atoms with Crippen molar-refractivity contribution in [3.05, 3.63) is 31.8 Å². The van der Waals surface area contributed by atoms with Gasteiger partial charge in [-0.2, -0.15) is 0 Å². The lowest BCUT2D eigenvalue weighted by Gasteiger charge is -2.02. The van der Waals surface area contributed by atoms with E-state index in [1.165, 1.54) is 68.6 Å². The lowest BCUT2D eigenvalue weighted by Crippen LogP contribution is -1.91. The standard InChI is InChI=1S/C21H12Br2N2S4/c1-3-25-11-7-15(23)29-19(11)21-17(25)9-5-12-8(4-13(9)27-21)16-20(26-12)18-10(24(16)2)6-14(22)28-18/h4-7H,3H2,1-2H3. The van der Waals surface area contributed by atoms with Crippen molar-refractivity contribution >= 4 is 138 Å². The van der Waals surface area contributed by atoms with Gasteiger partial charge >= 0.3 is 0 Å². The zero-order valence-corrected chi connectivity index (χ0v) is 21.7. The van der Waals surface area contributed by atoms with Crippen molar-refractivity contribution in [1.82, 2.24) is 9.13 Å². The molecule has 0 unspecified atom stereocenters. The number of benzene rings is 1. The molecule has 0 aliphatic heterocycles. The van der Waals surface area contributed by atoms with E-state index in [1.807, 2.05) is 45.3 Å². The molecule has 6 aromatic heterocycles. The number of aryl methyl sites for hydroxylation is 2. The highest BCUT2D eigenvalue weighted by Gasteiger charge is 2.21. The number of halogens is 2. The van der Waals surface area contributed by atoms with Crippen LogP contribution < -0.4 is 0 Å². The third-order valence-corrected chi connectivity index (χ3v) is 11.7. The van der Waals surface area contributed by atoms with Crippen LogP contribution in [0.5, 0.6) is 0 Å². The van der Waals surface area contributed by atoms with Crippen LogP contribution in [-0.4, -0.2) is 9.13 Å². The van der Waals surface area contributed by atoms with Gasteiger partial charge in [0.05, 0.1) is 48.4 Å². The summed E-state index contributed by atoms with van der Waals surface area (Å²) in [4.78, 5) is 0. The van der Waals surface area contributed by atoms with Gasteiger partial charge in [-0.05, 0) is 63.0 Å². The van der Waals surface area contributed by atoms with E-state index < -0.39 is 0 Å². The van der Waals surface area contributed by atoms with Gasteiger partial charge in [-0.3, -0.25) is 0 Å². The molecule has 2 nitrogen and oxygen atoms in total. The number of aromatic nitrogens is 2. The quantitative estimate of drug-likeness (QED) is 0.183. The number of rotatable bonds is 1. The Kier molecular flexibility index (Phi) is 3.59. The van der Waals surface area contributed by atoms with Crippen LogP contribution >= 0.6 is 77.2 Å². The van der Waals surface area contributed by atoms with E-state index >= 15 is 0 Å². The second-order valence-electron chi connectivity index (χ2n) is 7.24. The predicted octanol–water partition coefficient (Wildman–Crippen LogP) is 9.54. The van der Waals surface area contributed by atoms with Crippen LogP contribution in [0.4, 0.5) is 0 Å². The van der Waals surface area contributed by atoms with Crippen LogP contribution in [0.3, 0.4) is 0 Å². The first kappa shape index (κ1) is 17.7. The van der Waals surface area contributed by atoms with Crippen LogP contribution in [0.1, 0.15) is 6.92 Å². The Hall–Kier alpha value is -0.900. The number of thiophene rings is 4. The lowest BCUT2D eigenvalue weighted by molar-refractivity contribution is 0.830. The molecule has 144 valence electrons. The van der Waals surface area contributed by atoms with Gasteiger partial charge in [0, 0.05) is 33.8 Å². The van der Waals surface area contributed by atoms with Crippen molar-refractivity contribution in [2.45, 2.75) is 13.5 Å². The van der Waals surface area contributed by atoms with Crippen molar-refractivity contribution in [2.75, 3.05) is 0 Å². The van der Waals surface area contributed by atoms with Crippen molar-refractivity contribution in [3.8, 4) is 0 Å². The third kappa shape index (κ3) is 2.15.